The molecule has 0 saturated heterocycles. The van der Waals surface area contributed by atoms with Crippen LogP contribution < -0.4 is 4.90 Å². The van der Waals surface area contributed by atoms with Crippen molar-refractivity contribution in [1.29, 1.82) is 0 Å². The van der Waals surface area contributed by atoms with E-state index in [1.54, 1.807) is 12.1 Å². The molecule has 4 rings (SSSR count). The van der Waals surface area contributed by atoms with Crippen LogP contribution in [0.4, 0.5) is 11.4 Å². The van der Waals surface area contributed by atoms with Gasteiger partial charge in [-0.25, -0.2) is 9.97 Å². The molecular formula is C26H35N3O4S. The van der Waals surface area contributed by atoms with Gasteiger partial charge in [-0.1, -0.05) is 52.4 Å². The minimum absolute atomic E-state index is 0.210. The van der Waals surface area contributed by atoms with Crippen molar-refractivity contribution in [2.75, 3.05) is 17.3 Å². The SMILES string of the molecule is CCCOC1(O)C(=O)N(c2cncnc2)c2ccc(S(=O)(=CCC3CCCCCC3)CC)cc21. The summed E-state index contributed by atoms with van der Waals surface area (Å²) in [5, 5.41) is 13.4. The lowest BCUT2D eigenvalue weighted by molar-refractivity contribution is -0.206. The summed E-state index contributed by atoms with van der Waals surface area (Å²) in [6.07, 6.45) is 13.3. The molecule has 7 nitrogen and oxygen atoms in total. The predicted molar refractivity (Wildman–Crippen MR) is 135 cm³/mol. The van der Waals surface area contributed by atoms with Gasteiger partial charge >= 0.3 is 0 Å². The van der Waals surface area contributed by atoms with Crippen molar-refractivity contribution < 1.29 is 18.8 Å². The number of nitrogens with zero attached hydrogens (tertiary/aromatic N) is 3. The molecule has 2 unspecified atom stereocenters. The van der Waals surface area contributed by atoms with Crippen LogP contribution in [0.15, 0.2) is 41.8 Å². The average molecular weight is 486 g/mol. The number of hydrogen-bond acceptors (Lipinski definition) is 6. The number of amides is 1. The van der Waals surface area contributed by atoms with E-state index in [1.807, 2.05) is 25.3 Å². The lowest BCUT2D eigenvalue weighted by atomic mass is 9.98. The Morgan fingerprint density at radius 2 is 1.88 bits per heavy atom. The quantitative estimate of drug-likeness (QED) is 0.335. The normalized spacial score (nSPS) is 22.8. The van der Waals surface area contributed by atoms with E-state index in [2.05, 4.69) is 9.97 Å². The number of carbonyl (C=O) groups excluding carboxylic acids is 1. The van der Waals surface area contributed by atoms with Crippen LogP contribution >= 0.6 is 0 Å². The summed E-state index contributed by atoms with van der Waals surface area (Å²) in [5.74, 6) is -1.72. The summed E-state index contributed by atoms with van der Waals surface area (Å²) in [5.41, 5.74) is 1.24. The van der Waals surface area contributed by atoms with Gasteiger partial charge in [0.05, 0.1) is 30.4 Å². The molecule has 1 aromatic heterocycles. The molecule has 1 fully saturated rings. The zero-order chi connectivity index (χ0) is 24.2. The second-order valence-corrected chi connectivity index (χ2v) is 12.0. The molecule has 184 valence electrons. The van der Waals surface area contributed by atoms with Gasteiger partial charge in [0.15, 0.2) is 0 Å². The summed E-state index contributed by atoms with van der Waals surface area (Å²) in [4.78, 5) is 23.4. The van der Waals surface area contributed by atoms with Gasteiger partial charge in [-0.2, -0.15) is 0 Å². The van der Waals surface area contributed by atoms with E-state index < -0.39 is 21.2 Å². The van der Waals surface area contributed by atoms with E-state index in [4.69, 9.17) is 4.74 Å². The molecule has 8 heteroatoms. The summed E-state index contributed by atoms with van der Waals surface area (Å²) in [6.45, 7) is 4.05. The Kier molecular flexibility index (Phi) is 7.70. The molecule has 2 aromatic rings. The van der Waals surface area contributed by atoms with Crippen LogP contribution in [0.1, 0.15) is 70.8 Å². The van der Waals surface area contributed by atoms with Crippen LogP contribution in [0.25, 0.3) is 0 Å². The van der Waals surface area contributed by atoms with Crippen molar-refractivity contribution in [2.45, 2.75) is 75.9 Å². The first-order valence-corrected chi connectivity index (χ1v) is 14.2. The van der Waals surface area contributed by atoms with Crippen molar-refractivity contribution in [2.24, 2.45) is 5.92 Å². The molecule has 2 atom stereocenters. The Morgan fingerprint density at radius 3 is 2.53 bits per heavy atom. The molecule has 2 aliphatic rings. The van der Waals surface area contributed by atoms with Crippen LogP contribution in [0.3, 0.4) is 0 Å². The predicted octanol–water partition coefficient (Wildman–Crippen LogP) is 4.55. The zero-order valence-corrected chi connectivity index (χ0v) is 20.9. The molecule has 0 bridgehead atoms. The summed E-state index contributed by atoms with van der Waals surface area (Å²) >= 11 is 0. The number of rotatable bonds is 8. The van der Waals surface area contributed by atoms with Crippen molar-refractivity contribution in [3.8, 4) is 0 Å². The highest BCUT2D eigenvalue weighted by molar-refractivity contribution is 8.01. The van der Waals surface area contributed by atoms with E-state index in [0.717, 1.165) is 6.42 Å². The number of aliphatic hydroxyl groups is 1. The highest BCUT2D eigenvalue weighted by Gasteiger charge is 2.52. The first-order chi connectivity index (χ1) is 16.4. The minimum atomic E-state index is -2.45. The molecular weight excluding hydrogens is 450 g/mol. The Balaban J connectivity index is 1.75. The maximum atomic E-state index is 14.0. The van der Waals surface area contributed by atoms with E-state index >= 15 is 0 Å². The molecule has 1 N–H and O–H groups in total. The first-order valence-electron chi connectivity index (χ1n) is 12.4. The number of carbonyl (C=O) groups is 1. The Bertz CT molecular complexity index is 1120. The highest BCUT2D eigenvalue weighted by Crippen LogP contribution is 2.45. The molecule has 2 heterocycles. The van der Waals surface area contributed by atoms with Crippen LogP contribution in [0.2, 0.25) is 0 Å². The van der Waals surface area contributed by atoms with Gasteiger partial charge < -0.3 is 9.84 Å². The molecule has 1 amide bonds. The second-order valence-electron chi connectivity index (χ2n) is 9.18. The standard InChI is InChI=1S/C26H35N3O4S/c1-3-14-33-26(31)23-16-22(34(32,4-2)15-13-20-9-7-5-6-8-10-20)11-12-24(23)29(25(26)30)21-17-27-19-28-18-21/h11-12,15-20,31H,3-10,13-14H2,1-2H3. The molecule has 1 aromatic carbocycles. The van der Waals surface area contributed by atoms with Gasteiger partial charge in [0.1, 0.15) is 6.33 Å². The number of aromatic nitrogens is 2. The van der Waals surface area contributed by atoms with Crippen molar-refractivity contribution >= 4 is 32.2 Å². The molecule has 1 aliphatic heterocycles. The third-order valence-corrected chi connectivity index (χ3v) is 9.53. The van der Waals surface area contributed by atoms with Crippen LogP contribution in [-0.4, -0.2) is 42.9 Å². The van der Waals surface area contributed by atoms with Gasteiger partial charge in [0, 0.05) is 16.2 Å². The van der Waals surface area contributed by atoms with Crippen LogP contribution in [0, 0.1) is 5.92 Å². The number of benzene rings is 1. The first kappa shape index (κ1) is 24.8. The highest BCUT2D eigenvalue weighted by atomic mass is 32.2. The fourth-order valence-corrected chi connectivity index (χ4v) is 6.86. The zero-order valence-electron chi connectivity index (χ0n) is 20.1. The van der Waals surface area contributed by atoms with Crippen LogP contribution in [-0.2, 0) is 24.8 Å². The minimum Gasteiger partial charge on any atom is -0.354 e. The van der Waals surface area contributed by atoms with E-state index in [1.165, 1.54) is 62.1 Å². The van der Waals surface area contributed by atoms with Gasteiger partial charge in [0.25, 0.3) is 11.7 Å². The van der Waals surface area contributed by atoms with Crippen molar-refractivity contribution in [3.05, 3.63) is 42.5 Å². The van der Waals surface area contributed by atoms with Gasteiger partial charge in [-0.3, -0.25) is 13.9 Å². The Labute approximate surface area is 202 Å². The van der Waals surface area contributed by atoms with Gasteiger partial charge in [-0.15, -0.1) is 0 Å². The third kappa shape index (κ3) is 4.76. The third-order valence-electron chi connectivity index (χ3n) is 6.89. The lowest BCUT2D eigenvalue weighted by Gasteiger charge is -2.23. The number of hydrogen-bond donors (Lipinski definition) is 1. The monoisotopic (exact) mass is 485 g/mol. The van der Waals surface area contributed by atoms with Gasteiger partial charge in [-0.05, 0) is 51.8 Å². The molecule has 34 heavy (non-hydrogen) atoms. The molecule has 0 spiro atoms. The summed E-state index contributed by atoms with van der Waals surface area (Å²) < 4.78 is 19.8. The largest absolute Gasteiger partial charge is 0.354 e. The maximum absolute atomic E-state index is 14.0. The fourth-order valence-electron chi connectivity index (χ4n) is 4.90. The Hall–Kier alpha value is -2.29. The fraction of sp³-hybridized carbons (Fsp3) is 0.538. The second kappa shape index (κ2) is 10.5. The van der Waals surface area contributed by atoms with Crippen molar-refractivity contribution in [1.82, 2.24) is 9.97 Å². The topological polar surface area (TPSA) is 92.6 Å². The molecule has 0 radical (unpaired) electrons. The number of ether oxygens (including phenoxy) is 1. The van der Waals surface area contributed by atoms with Crippen LogP contribution in [0.5, 0.6) is 0 Å². The summed E-state index contributed by atoms with van der Waals surface area (Å²) in [6, 6.07) is 5.25. The van der Waals surface area contributed by atoms with Gasteiger partial charge in [0.2, 0.25) is 0 Å². The smallest absolute Gasteiger partial charge is 0.296 e. The molecule has 1 aliphatic carbocycles. The van der Waals surface area contributed by atoms with E-state index in [0.29, 0.717) is 39.9 Å². The van der Waals surface area contributed by atoms with Crippen molar-refractivity contribution in [3.63, 3.8) is 0 Å². The van der Waals surface area contributed by atoms with E-state index in [-0.39, 0.29) is 6.61 Å². The maximum Gasteiger partial charge on any atom is 0.296 e. The lowest BCUT2D eigenvalue weighted by Crippen LogP contribution is -2.41. The molecule has 1 saturated carbocycles. The van der Waals surface area contributed by atoms with E-state index in [9.17, 15) is 14.1 Å². The Morgan fingerprint density at radius 1 is 1.18 bits per heavy atom. The number of anilines is 2. The summed E-state index contributed by atoms with van der Waals surface area (Å²) in [7, 11) is -2.45. The number of fused-ring (bicyclic) bond motifs is 1. The average Bonchev–Trinajstić information content (AvgIpc) is 3.03.